The second-order valence-corrected chi connectivity index (χ2v) is 6.97. The van der Waals surface area contributed by atoms with Crippen molar-refractivity contribution in [3.05, 3.63) is 106 Å². The highest BCUT2D eigenvalue weighted by atomic mass is 14.1. The van der Waals surface area contributed by atoms with Gasteiger partial charge in [-0.2, -0.15) is 0 Å². The molecule has 0 radical (unpaired) electrons. The fourth-order valence-electron chi connectivity index (χ4n) is 3.41. The lowest BCUT2D eigenvalue weighted by Gasteiger charge is -2.13. The Hall–Kier alpha value is -2.34. The summed E-state index contributed by atoms with van der Waals surface area (Å²) in [5.74, 6) is 0. The average molecular weight is 328 g/mol. The van der Waals surface area contributed by atoms with Crippen molar-refractivity contribution >= 4 is 0 Å². The fourth-order valence-corrected chi connectivity index (χ4v) is 3.41. The van der Waals surface area contributed by atoms with Gasteiger partial charge in [0.05, 0.1) is 0 Å². The molecular formula is C25H28. The van der Waals surface area contributed by atoms with E-state index in [1.807, 2.05) is 0 Å². The van der Waals surface area contributed by atoms with Crippen LogP contribution >= 0.6 is 0 Å². The molecule has 0 bridgehead atoms. The standard InChI is InChI=1S/C25H28/c1-3-4-13-24-19-22(18-23-14-9-8-10-20(23)2)15-16-25(24)17-21-11-6-5-7-12-21/h5-12,14-16,19H,3-4,13,17-18H2,1-2H3. The summed E-state index contributed by atoms with van der Waals surface area (Å²) < 4.78 is 0. The highest BCUT2D eigenvalue weighted by Crippen LogP contribution is 2.21. The Morgan fingerprint density at radius 3 is 2.12 bits per heavy atom. The topological polar surface area (TPSA) is 0 Å². The van der Waals surface area contributed by atoms with Gasteiger partial charge in [0.2, 0.25) is 0 Å². The first kappa shape index (κ1) is 17.5. The van der Waals surface area contributed by atoms with E-state index in [9.17, 15) is 0 Å². The maximum atomic E-state index is 2.44. The average Bonchev–Trinajstić information content (AvgIpc) is 2.64. The van der Waals surface area contributed by atoms with E-state index in [4.69, 9.17) is 0 Å². The van der Waals surface area contributed by atoms with Crippen LogP contribution in [0, 0.1) is 6.92 Å². The smallest absolute Gasteiger partial charge is 0.00230 e. The van der Waals surface area contributed by atoms with E-state index >= 15 is 0 Å². The Labute approximate surface area is 152 Å². The van der Waals surface area contributed by atoms with Crippen molar-refractivity contribution in [2.45, 2.75) is 46.0 Å². The molecule has 0 aromatic heterocycles. The molecule has 0 atom stereocenters. The first-order valence-corrected chi connectivity index (χ1v) is 9.45. The van der Waals surface area contributed by atoms with Gasteiger partial charge in [-0.05, 0) is 66.0 Å². The molecule has 0 saturated heterocycles. The molecular weight excluding hydrogens is 300 g/mol. The van der Waals surface area contributed by atoms with Crippen molar-refractivity contribution < 1.29 is 0 Å². The number of aryl methyl sites for hydroxylation is 2. The Kier molecular flexibility index (Phi) is 6.06. The van der Waals surface area contributed by atoms with Crippen molar-refractivity contribution in [3.63, 3.8) is 0 Å². The van der Waals surface area contributed by atoms with Gasteiger partial charge < -0.3 is 0 Å². The zero-order valence-corrected chi connectivity index (χ0v) is 15.5. The number of hydrogen-bond donors (Lipinski definition) is 0. The molecule has 0 unspecified atom stereocenters. The molecule has 0 aliphatic carbocycles. The lowest BCUT2D eigenvalue weighted by atomic mass is 9.92. The third-order valence-corrected chi connectivity index (χ3v) is 4.96. The minimum absolute atomic E-state index is 1.03. The van der Waals surface area contributed by atoms with Gasteiger partial charge in [-0.25, -0.2) is 0 Å². The van der Waals surface area contributed by atoms with Crippen LogP contribution in [0.5, 0.6) is 0 Å². The van der Waals surface area contributed by atoms with Crippen molar-refractivity contribution in [1.29, 1.82) is 0 Å². The number of unbranched alkanes of at least 4 members (excludes halogenated alkanes) is 1. The number of hydrogen-bond acceptors (Lipinski definition) is 0. The van der Waals surface area contributed by atoms with Crippen molar-refractivity contribution in [2.75, 3.05) is 0 Å². The molecule has 3 rings (SSSR count). The number of benzene rings is 3. The van der Waals surface area contributed by atoms with E-state index < -0.39 is 0 Å². The van der Waals surface area contributed by atoms with Gasteiger partial charge >= 0.3 is 0 Å². The Balaban J connectivity index is 1.85. The van der Waals surface area contributed by atoms with Gasteiger partial charge in [-0.1, -0.05) is 86.1 Å². The van der Waals surface area contributed by atoms with Crippen LogP contribution in [0.2, 0.25) is 0 Å². The normalized spacial score (nSPS) is 10.8. The number of rotatable bonds is 7. The molecule has 0 fully saturated rings. The Morgan fingerprint density at radius 1 is 0.640 bits per heavy atom. The van der Waals surface area contributed by atoms with Gasteiger partial charge in [-0.3, -0.25) is 0 Å². The van der Waals surface area contributed by atoms with Crippen LogP contribution in [0.3, 0.4) is 0 Å². The summed E-state index contributed by atoms with van der Waals surface area (Å²) in [5.41, 5.74) is 8.64. The summed E-state index contributed by atoms with van der Waals surface area (Å²) >= 11 is 0. The summed E-state index contributed by atoms with van der Waals surface area (Å²) in [7, 11) is 0. The highest BCUT2D eigenvalue weighted by molar-refractivity contribution is 5.39. The molecule has 0 nitrogen and oxygen atoms in total. The Bertz CT molecular complexity index is 799. The molecule has 3 aromatic carbocycles. The highest BCUT2D eigenvalue weighted by Gasteiger charge is 2.07. The lowest BCUT2D eigenvalue weighted by Crippen LogP contribution is -1.99. The second-order valence-electron chi connectivity index (χ2n) is 6.97. The van der Waals surface area contributed by atoms with Crippen LogP contribution < -0.4 is 0 Å². The largest absolute Gasteiger partial charge is 0.0654 e. The van der Waals surface area contributed by atoms with E-state index in [2.05, 4.69) is 86.6 Å². The third-order valence-electron chi connectivity index (χ3n) is 4.96. The molecule has 25 heavy (non-hydrogen) atoms. The zero-order valence-electron chi connectivity index (χ0n) is 15.5. The molecule has 0 aliphatic rings. The molecule has 128 valence electrons. The second kappa shape index (κ2) is 8.67. The van der Waals surface area contributed by atoms with E-state index in [-0.39, 0.29) is 0 Å². The van der Waals surface area contributed by atoms with Gasteiger partial charge in [0.15, 0.2) is 0 Å². The van der Waals surface area contributed by atoms with Crippen LogP contribution in [0.1, 0.15) is 53.1 Å². The van der Waals surface area contributed by atoms with Gasteiger partial charge in [-0.15, -0.1) is 0 Å². The summed E-state index contributed by atoms with van der Waals surface area (Å²) in [5, 5.41) is 0. The first-order valence-electron chi connectivity index (χ1n) is 9.45. The zero-order chi connectivity index (χ0) is 17.5. The predicted octanol–water partition coefficient (Wildman–Crippen LogP) is 6.52. The van der Waals surface area contributed by atoms with Gasteiger partial charge in [0.1, 0.15) is 0 Å². The lowest BCUT2D eigenvalue weighted by molar-refractivity contribution is 0.787. The summed E-state index contributed by atoms with van der Waals surface area (Å²) in [4.78, 5) is 0. The van der Waals surface area contributed by atoms with E-state index in [0.29, 0.717) is 0 Å². The molecule has 0 amide bonds. The molecule has 0 saturated carbocycles. The van der Waals surface area contributed by atoms with E-state index in [1.54, 1.807) is 0 Å². The molecule has 0 heteroatoms. The molecule has 3 aromatic rings. The molecule has 0 N–H and O–H groups in total. The van der Waals surface area contributed by atoms with Crippen LogP contribution in [0.25, 0.3) is 0 Å². The van der Waals surface area contributed by atoms with Crippen LogP contribution in [-0.4, -0.2) is 0 Å². The summed E-state index contributed by atoms with van der Waals surface area (Å²) in [6.45, 7) is 4.48. The monoisotopic (exact) mass is 328 g/mol. The predicted molar refractivity (Wildman–Crippen MR) is 108 cm³/mol. The van der Waals surface area contributed by atoms with Crippen LogP contribution in [-0.2, 0) is 19.3 Å². The van der Waals surface area contributed by atoms with Crippen LogP contribution in [0.15, 0.2) is 72.8 Å². The minimum atomic E-state index is 1.03. The molecule has 0 spiro atoms. The van der Waals surface area contributed by atoms with Crippen molar-refractivity contribution in [3.8, 4) is 0 Å². The summed E-state index contributed by atoms with van der Waals surface area (Å²) in [6.07, 6.45) is 5.74. The molecule has 0 heterocycles. The van der Waals surface area contributed by atoms with Gasteiger partial charge in [0.25, 0.3) is 0 Å². The summed E-state index contributed by atoms with van der Waals surface area (Å²) in [6, 6.07) is 26.6. The third kappa shape index (κ3) is 4.82. The van der Waals surface area contributed by atoms with Crippen molar-refractivity contribution in [1.82, 2.24) is 0 Å². The van der Waals surface area contributed by atoms with E-state index in [1.165, 1.54) is 52.6 Å². The van der Waals surface area contributed by atoms with Crippen LogP contribution in [0.4, 0.5) is 0 Å². The maximum Gasteiger partial charge on any atom is -0.00230 e. The van der Waals surface area contributed by atoms with E-state index in [0.717, 1.165) is 12.8 Å². The minimum Gasteiger partial charge on any atom is -0.0654 e. The Morgan fingerprint density at radius 2 is 1.36 bits per heavy atom. The van der Waals surface area contributed by atoms with Crippen molar-refractivity contribution in [2.24, 2.45) is 0 Å². The van der Waals surface area contributed by atoms with Gasteiger partial charge in [0, 0.05) is 0 Å². The maximum absolute atomic E-state index is 2.44. The SMILES string of the molecule is CCCCc1cc(Cc2ccccc2C)ccc1Cc1ccccc1. The first-order chi connectivity index (χ1) is 12.3. The fraction of sp³-hybridized carbons (Fsp3) is 0.280. The quantitative estimate of drug-likeness (QED) is 0.463. The molecule has 0 aliphatic heterocycles.